The fourth-order valence-electron chi connectivity index (χ4n) is 5.24. The Balaban J connectivity index is 1.25. The number of likely N-dealkylation sites (tertiary alicyclic amines) is 1. The molecule has 0 spiro atoms. The molecule has 0 unspecified atom stereocenters. The summed E-state index contributed by atoms with van der Waals surface area (Å²) < 4.78 is 0. The minimum atomic E-state index is -0.230. The van der Waals surface area contributed by atoms with E-state index in [4.69, 9.17) is 11.6 Å². The van der Waals surface area contributed by atoms with Crippen LogP contribution in [0.2, 0.25) is 5.02 Å². The molecular formula is C20H19ClN2O3. The summed E-state index contributed by atoms with van der Waals surface area (Å²) in [6, 6.07) is 6.90. The van der Waals surface area contributed by atoms with E-state index in [0.29, 0.717) is 22.5 Å². The van der Waals surface area contributed by atoms with Gasteiger partial charge in [0.25, 0.3) is 0 Å². The number of imide groups is 1. The van der Waals surface area contributed by atoms with Crippen LogP contribution in [0.3, 0.4) is 0 Å². The number of benzene rings is 1. The summed E-state index contributed by atoms with van der Waals surface area (Å²) in [6.07, 6.45) is 5.55. The maximum absolute atomic E-state index is 12.8. The molecule has 5 nitrogen and oxygen atoms in total. The number of hydrogen-bond acceptors (Lipinski definition) is 3. The van der Waals surface area contributed by atoms with Crippen LogP contribution >= 0.6 is 11.6 Å². The number of amides is 3. The van der Waals surface area contributed by atoms with Crippen molar-refractivity contribution in [3.05, 3.63) is 41.4 Å². The van der Waals surface area contributed by atoms with E-state index in [9.17, 15) is 14.4 Å². The third-order valence-corrected chi connectivity index (χ3v) is 6.66. The van der Waals surface area contributed by atoms with Crippen molar-refractivity contribution >= 4 is 35.0 Å². The average Bonchev–Trinajstić information content (AvgIpc) is 3.39. The maximum atomic E-state index is 12.8. The summed E-state index contributed by atoms with van der Waals surface area (Å²) in [6.45, 7) is 0.145. The van der Waals surface area contributed by atoms with Gasteiger partial charge in [0.2, 0.25) is 17.7 Å². The van der Waals surface area contributed by atoms with Crippen LogP contribution in [-0.4, -0.2) is 29.2 Å². The number of halogens is 1. The van der Waals surface area contributed by atoms with Crippen LogP contribution in [0.25, 0.3) is 0 Å². The predicted octanol–water partition coefficient (Wildman–Crippen LogP) is 2.72. The van der Waals surface area contributed by atoms with Gasteiger partial charge in [-0.25, -0.2) is 0 Å². The fraction of sp³-hybridized carbons (Fsp3) is 0.450. The van der Waals surface area contributed by atoms with E-state index in [1.54, 1.807) is 24.3 Å². The molecule has 2 bridgehead atoms. The highest BCUT2D eigenvalue weighted by molar-refractivity contribution is 6.30. The maximum Gasteiger partial charge on any atom is 0.233 e. The van der Waals surface area contributed by atoms with Crippen molar-refractivity contribution in [3.8, 4) is 0 Å². The van der Waals surface area contributed by atoms with Gasteiger partial charge in [0.1, 0.15) is 0 Å². The molecule has 1 N–H and O–H groups in total. The van der Waals surface area contributed by atoms with Crippen LogP contribution in [0.4, 0.5) is 5.69 Å². The Morgan fingerprint density at radius 3 is 2.38 bits per heavy atom. The first-order valence-corrected chi connectivity index (χ1v) is 9.51. The lowest BCUT2D eigenvalue weighted by molar-refractivity contribution is -0.140. The molecule has 1 heterocycles. The molecule has 134 valence electrons. The second-order valence-electron chi connectivity index (χ2n) is 7.79. The van der Waals surface area contributed by atoms with Gasteiger partial charge in [-0.1, -0.05) is 29.8 Å². The number of carbonyl (C=O) groups is 3. The van der Waals surface area contributed by atoms with Crippen LogP contribution < -0.4 is 5.32 Å². The highest BCUT2D eigenvalue weighted by atomic mass is 35.5. The molecule has 3 amide bonds. The number of carbonyl (C=O) groups excluding carboxylic acids is 3. The van der Waals surface area contributed by atoms with Crippen LogP contribution in [0.5, 0.6) is 0 Å². The van der Waals surface area contributed by atoms with E-state index in [2.05, 4.69) is 17.5 Å². The second kappa shape index (κ2) is 5.68. The lowest BCUT2D eigenvalue weighted by atomic mass is 9.63. The van der Waals surface area contributed by atoms with Crippen molar-refractivity contribution in [1.29, 1.82) is 0 Å². The van der Waals surface area contributed by atoms with Crippen molar-refractivity contribution < 1.29 is 14.4 Å². The Morgan fingerprint density at radius 2 is 1.77 bits per heavy atom. The molecule has 4 aliphatic carbocycles. The number of allylic oxidation sites excluding steroid dienone is 2. The van der Waals surface area contributed by atoms with Gasteiger partial charge in [-0.05, 0) is 48.3 Å². The molecule has 6 atom stereocenters. The Hall–Kier alpha value is -2.14. The minimum absolute atomic E-state index is 0.0831. The van der Waals surface area contributed by atoms with Gasteiger partial charge in [-0.2, -0.15) is 0 Å². The lowest BCUT2D eigenvalue weighted by Gasteiger charge is -2.37. The van der Waals surface area contributed by atoms with Crippen molar-refractivity contribution in [3.63, 3.8) is 0 Å². The van der Waals surface area contributed by atoms with Crippen molar-refractivity contribution in [2.75, 3.05) is 11.9 Å². The molecule has 1 saturated heterocycles. The van der Waals surface area contributed by atoms with E-state index in [-0.39, 0.29) is 54.4 Å². The molecule has 0 aromatic heterocycles. The highest BCUT2D eigenvalue weighted by Crippen LogP contribution is 2.65. The molecule has 5 aliphatic rings. The normalized spacial score (nSPS) is 36.1. The van der Waals surface area contributed by atoms with Gasteiger partial charge in [0.05, 0.1) is 11.8 Å². The number of anilines is 1. The van der Waals surface area contributed by atoms with Crippen molar-refractivity contribution in [1.82, 2.24) is 4.90 Å². The Labute approximate surface area is 156 Å². The Kier molecular flexibility index (Phi) is 3.51. The summed E-state index contributed by atoms with van der Waals surface area (Å²) in [5, 5.41) is 3.30. The second-order valence-corrected chi connectivity index (χ2v) is 8.23. The number of nitrogens with one attached hydrogen (secondary N) is 1. The molecular weight excluding hydrogens is 352 g/mol. The van der Waals surface area contributed by atoms with Crippen LogP contribution in [0.1, 0.15) is 12.8 Å². The van der Waals surface area contributed by atoms with Crippen LogP contribution in [0.15, 0.2) is 36.4 Å². The summed E-state index contributed by atoms with van der Waals surface area (Å²) in [5.41, 5.74) is 0.609. The average molecular weight is 371 g/mol. The van der Waals surface area contributed by atoms with E-state index in [1.807, 2.05) is 0 Å². The predicted molar refractivity (Wildman–Crippen MR) is 96.1 cm³/mol. The number of rotatable bonds is 4. The van der Waals surface area contributed by atoms with E-state index < -0.39 is 0 Å². The molecule has 6 rings (SSSR count). The first kappa shape index (κ1) is 16.1. The molecule has 6 heteroatoms. The standard InChI is InChI=1S/C20H19ClN2O3/c21-10-2-1-3-11(8-10)22-16(24)6-7-23-19(25)17-12-4-5-13(15-9-14(12)15)18(17)20(23)26/h1-5,8,12-15,17-18H,6-7,9H2,(H,22,24)/t12-,13-,14-,15-,17+,18+/m0/s1. The molecule has 3 fully saturated rings. The zero-order chi connectivity index (χ0) is 18.0. The summed E-state index contributed by atoms with van der Waals surface area (Å²) >= 11 is 5.91. The lowest BCUT2D eigenvalue weighted by Crippen LogP contribution is -2.40. The molecule has 26 heavy (non-hydrogen) atoms. The van der Waals surface area contributed by atoms with E-state index >= 15 is 0 Å². The van der Waals surface area contributed by atoms with Crippen LogP contribution in [-0.2, 0) is 14.4 Å². The third-order valence-electron chi connectivity index (χ3n) is 6.42. The van der Waals surface area contributed by atoms with Crippen molar-refractivity contribution in [2.24, 2.45) is 35.5 Å². The monoisotopic (exact) mass is 370 g/mol. The smallest absolute Gasteiger partial charge is 0.233 e. The zero-order valence-corrected chi connectivity index (χ0v) is 14.9. The number of nitrogens with zero attached hydrogens (tertiary/aromatic N) is 1. The van der Waals surface area contributed by atoms with Crippen LogP contribution in [0, 0.1) is 35.5 Å². The SMILES string of the molecule is O=C(CCN1C(=O)[C@@H]2[C@H]3C=C[C@@H]([C@@H]4C[C@@H]34)[C@H]2C1=O)Nc1cccc(Cl)c1. The third kappa shape index (κ3) is 2.33. The van der Waals surface area contributed by atoms with Crippen molar-refractivity contribution in [2.45, 2.75) is 12.8 Å². The first-order chi connectivity index (χ1) is 12.5. The molecule has 0 radical (unpaired) electrons. The fourth-order valence-corrected chi connectivity index (χ4v) is 5.43. The quantitative estimate of drug-likeness (QED) is 0.654. The van der Waals surface area contributed by atoms with E-state index in [1.165, 1.54) is 4.90 Å². The summed E-state index contributed by atoms with van der Waals surface area (Å²) in [7, 11) is 0. The Bertz CT molecular complexity index is 815. The van der Waals surface area contributed by atoms with Gasteiger partial charge in [-0.3, -0.25) is 19.3 Å². The van der Waals surface area contributed by atoms with Gasteiger partial charge in [0.15, 0.2) is 0 Å². The van der Waals surface area contributed by atoms with Gasteiger partial charge < -0.3 is 5.32 Å². The summed E-state index contributed by atoms with van der Waals surface area (Å²) in [5.74, 6) is 0.832. The molecule has 1 aromatic carbocycles. The molecule has 1 aliphatic heterocycles. The minimum Gasteiger partial charge on any atom is -0.326 e. The topological polar surface area (TPSA) is 66.5 Å². The number of hydrogen-bond donors (Lipinski definition) is 1. The first-order valence-electron chi connectivity index (χ1n) is 9.13. The van der Waals surface area contributed by atoms with Gasteiger partial charge in [-0.15, -0.1) is 0 Å². The van der Waals surface area contributed by atoms with Gasteiger partial charge in [0, 0.05) is 23.7 Å². The molecule has 1 aromatic rings. The molecule has 2 saturated carbocycles. The Morgan fingerprint density at radius 1 is 1.12 bits per heavy atom. The highest BCUT2D eigenvalue weighted by Gasteiger charge is 2.66. The van der Waals surface area contributed by atoms with Gasteiger partial charge >= 0.3 is 0 Å². The summed E-state index contributed by atoms with van der Waals surface area (Å²) in [4.78, 5) is 39.2. The largest absolute Gasteiger partial charge is 0.326 e. The van der Waals surface area contributed by atoms with E-state index in [0.717, 1.165) is 6.42 Å². The zero-order valence-electron chi connectivity index (χ0n) is 14.1.